The van der Waals surface area contributed by atoms with E-state index in [1.807, 2.05) is 36.5 Å². The van der Waals surface area contributed by atoms with Gasteiger partial charge in [-0.15, -0.1) is 0 Å². The van der Waals surface area contributed by atoms with Crippen LogP contribution in [0.25, 0.3) is 16.9 Å². The van der Waals surface area contributed by atoms with Crippen LogP contribution in [-0.2, 0) is 16.1 Å². The largest absolute Gasteiger partial charge is 0.350 e. The average Bonchev–Trinajstić information content (AvgIpc) is 3.15. The molecule has 30 heavy (non-hydrogen) atoms. The highest BCUT2D eigenvalue weighted by Gasteiger charge is 2.21. The van der Waals surface area contributed by atoms with Gasteiger partial charge in [-0.3, -0.25) is 9.59 Å². The summed E-state index contributed by atoms with van der Waals surface area (Å²) >= 11 is 0. The second-order valence-corrected chi connectivity index (χ2v) is 8.00. The van der Waals surface area contributed by atoms with Crippen LogP contribution in [0.1, 0.15) is 26.3 Å². The quantitative estimate of drug-likeness (QED) is 0.656. The highest BCUT2D eigenvalue weighted by atomic mass is 19.1. The minimum atomic E-state index is -0.563. The lowest BCUT2D eigenvalue weighted by molar-refractivity contribution is -0.131. The molecule has 1 heterocycles. The first-order chi connectivity index (χ1) is 14.2. The number of amides is 2. The average molecular weight is 408 g/mol. The standard InChI is InChI=1S/C23H25FN4O2/c1-23(2,3)22(30)26-14-20(29)25-13-17-15-28(19-7-5-4-6-8-19)27-21(17)16-9-11-18(24)12-10-16/h4-12,15H,13-14H2,1-3H3,(H,25,29)(H,26,30). The van der Waals surface area contributed by atoms with Gasteiger partial charge in [0.15, 0.2) is 0 Å². The minimum absolute atomic E-state index is 0.102. The highest BCUT2D eigenvalue weighted by Crippen LogP contribution is 2.24. The van der Waals surface area contributed by atoms with E-state index in [9.17, 15) is 14.0 Å². The number of halogens is 1. The molecule has 0 spiro atoms. The number of para-hydroxylation sites is 1. The fourth-order valence-corrected chi connectivity index (χ4v) is 2.78. The first-order valence-electron chi connectivity index (χ1n) is 9.69. The summed E-state index contributed by atoms with van der Waals surface area (Å²) in [5.74, 6) is -0.822. The maximum absolute atomic E-state index is 13.3. The Morgan fingerprint density at radius 3 is 2.30 bits per heavy atom. The molecule has 0 fully saturated rings. The predicted octanol–water partition coefficient (Wildman–Crippen LogP) is 3.46. The van der Waals surface area contributed by atoms with E-state index in [-0.39, 0.29) is 30.7 Å². The Morgan fingerprint density at radius 2 is 1.67 bits per heavy atom. The Morgan fingerprint density at radius 1 is 1.00 bits per heavy atom. The van der Waals surface area contributed by atoms with Crippen molar-refractivity contribution in [2.75, 3.05) is 6.54 Å². The number of carbonyl (C=O) groups is 2. The number of rotatable bonds is 6. The van der Waals surface area contributed by atoms with Crippen LogP contribution in [0.15, 0.2) is 60.8 Å². The smallest absolute Gasteiger partial charge is 0.239 e. The number of nitrogens with zero attached hydrogens (tertiary/aromatic N) is 2. The lowest BCUT2D eigenvalue weighted by atomic mass is 9.96. The van der Waals surface area contributed by atoms with Gasteiger partial charge in [0.1, 0.15) is 5.82 Å². The van der Waals surface area contributed by atoms with E-state index < -0.39 is 5.41 Å². The van der Waals surface area contributed by atoms with Gasteiger partial charge in [0, 0.05) is 29.3 Å². The third-order valence-electron chi connectivity index (χ3n) is 4.50. The van der Waals surface area contributed by atoms with Gasteiger partial charge >= 0.3 is 0 Å². The van der Waals surface area contributed by atoms with E-state index in [0.717, 1.165) is 16.8 Å². The molecule has 0 aliphatic carbocycles. The molecule has 0 radical (unpaired) electrons. The summed E-state index contributed by atoms with van der Waals surface area (Å²) in [6.07, 6.45) is 1.84. The van der Waals surface area contributed by atoms with Crippen LogP contribution < -0.4 is 10.6 Å². The van der Waals surface area contributed by atoms with Gasteiger partial charge in [-0.1, -0.05) is 39.0 Å². The van der Waals surface area contributed by atoms with E-state index in [1.54, 1.807) is 37.6 Å². The first kappa shape index (κ1) is 21.2. The highest BCUT2D eigenvalue weighted by molar-refractivity contribution is 5.87. The van der Waals surface area contributed by atoms with E-state index in [4.69, 9.17) is 0 Å². The van der Waals surface area contributed by atoms with Gasteiger partial charge in [-0.25, -0.2) is 9.07 Å². The number of benzene rings is 2. The molecule has 0 atom stereocenters. The summed E-state index contributed by atoms with van der Waals surface area (Å²) in [5.41, 5.74) is 2.48. The molecule has 7 heteroatoms. The topological polar surface area (TPSA) is 76.0 Å². The van der Waals surface area contributed by atoms with Crippen molar-refractivity contribution in [2.45, 2.75) is 27.3 Å². The fourth-order valence-electron chi connectivity index (χ4n) is 2.78. The molecule has 1 aromatic heterocycles. The summed E-state index contributed by atoms with van der Waals surface area (Å²) in [4.78, 5) is 24.1. The first-order valence-corrected chi connectivity index (χ1v) is 9.69. The minimum Gasteiger partial charge on any atom is -0.350 e. The van der Waals surface area contributed by atoms with Crippen molar-refractivity contribution < 1.29 is 14.0 Å². The maximum atomic E-state index is 13.3. The Labute approximate surface area is 175 Å². The van der Waals surface area contributed by atoms with Gasteiger partial charge in [-0.2, -0.15) is 5.10 Å². The lowest BCUT2D eigenvalue weighted by Crippen LogP contribution is -2.41. The summed E-state index contributed by atoms with van der Waals surface area (Å²) in [7, 11) is 0. The van der Waals surface area contributed by atoms with Gasteiger partial charge in [0.2, 0.25) is 11.8 Å². The lowest BCUT2D eigenvalue weighted by Gasteiger charge is -2.17. The number of hydrogen-bond acceptors (Lipinski definition) is 3. The summed E-state index contributed by atoms with van der Waals surface area (Å²) in [5, 5.41) is 10.1. The normalized spacial score (nSPS) is 11.2. The Hall–Kier alpha value is -3.48. The number of carbonyl (C=O) groups excluding carboxylic acids is 2. The Kier molecular flexibility index (Phi) is 6.30. The van der Waals surface area contributed by atoms with Crippen LogP contribution in [0.2, 0.25) is 0 Å². The molecular weight excluding hydrogens is 383 g/mol. The molecular formula is C23H25FN4O2. The molecule has 3 aromatic rings. The second kappa shape index (κ2) is 8.90. The van der Waals surface area contributed by atoms with E-state index in [2.05, 4.69) is 15.7 Å². The van der Waals surface area contributed by atoms with Crippen molar-refractivity contribution in [1.29, 1.82) is 0 Å². The predicted molar refractivity (Wildman–Crippen MR) is 113 cm³/mol. The van der Waals surface area contributed by atoms with Gasteiger partial charge in [-0.05, 0) is 36.4 Å². The zero-order chi connectivity index (χ0) is 21.7. The van der Waals surface area contributed by atoms with Crippen LogP contribution in [0.4, 0.5) is 4.39 Å². The summed E-state index contributed by atoms with van der Waals surface area (Å²) in [6, 6.07) is 15.6. The van der Waals surface area contributed by atoms with Gasteiger partial charge in [0.25, 0.3) is 0 Å². The molecule has 0 bridgehead atoms. The Bertz CT molecular complexity index is 1020. The molecule has 0 aliphatic heterocycles. The number of nitrogens with one attached hydrogen (secondary N) is 2. The molecule has 0 saturated heterocycles. The van der Waals surface area contributed by atoms with Crippen LogP contribution >= 0.6 is 0 Å². The van der Waals surface area contributed by atoms with Crippen molar-refractivity contribution in [1.82, 2.24) is 20.4 Å². The van der Waals surface area contributed by atoms with Crippen LogP contribution in [-0.4, -0.2) is 28.1 Å². The van der Waals surface area contributed by atoms with Gasteiger partial charge in [0.05, 0.1) is 17.9 Å². The van der Waals surface area contributed by atoms with E-state index in [0.29, 0.717) is 5.69 Å². The molecule has 0 aliphatic rings. The molecule has 2 aromatic carbocycles. The van der Waals surface area contributed by atoms with Crippen molar-refractivity contribution in [2.24, 2.45) is 5.41 Å². The van der Waals surface area contributed by atoms with Crippen molar-refractivity contribution >= 4 is 11.8 Å². The third kappa shape index (κ3) is 5.31. The molecule has 2 N–H and O–H groups in total. The fraction of sp³-hybridized carbons (Fsp3) is 0.261. The van der Waals surface area contributed by atoms with Crippen molar-refractivity contribution in [3.63, 3.8) is 0 Å². The number of hydrogen-bond donors (Lipinski definition) is 2. The second-order valence-electron chi connectivity index (χ2n) is 8.00. The maximum Gasteiger partial charge on any atom is 0.239 e. The molecule has 0 unspecified atom stereocenters. The number of aromatic nitrogens is 2. The molecule has 6 nitrogen and oxygen atoms in total. The summed E-state index contributed by atoms with van der Waals surface area (Å²) in [6.45, 7) is 5.48. The Balaban J connectivity index is 1.77. The zero-order valence-electron chi connectivity index (χ0n) is 17.3. The molecule has 156 valence electrons. The summed E-state index contributed by atoms with van der Waals surface area (Å²) < 4.78 is 15.1. The van der Waals surface area contributed by atoms with E-state index in [1.165, 1.54) is 12.1 Å². The molecule has 0 saturated carbocycles. The van der Waals surface area contributed by atoms with Crippen LogP contribution in [0.5, 0.6) is 0 Å². The van der Waals surface area contributed by atoms with Crippen molar-refractivity contribution in [3.8, 4) is 16.9 Å². The van der Waals surface area contributed by atoms with Gasteiger partial charge < -0.3 is 10.6 Å². The SMILES string of the molecule is CC(C)(C)C(=O)NCC(=O)NCc1cn(-c2ccccc2)nc1-c1ccc(F)cc1. The third-order valence-corrected chi connectivity index (χ3v) is 4.50. The zero-order valence-corrected chi connectivity index (χ0v) is 17.3. The molecule has 3 rings (SSSR count). The van der Waals surface area contributed by atoms with Crippen LogP contribution in [0.3, 0.4) is 0 Å². The molecule has 2 amide bonds. The monoisotopic (exact) mass is 408 g/mol. The van der Waals surface area contributed by atoms with E-state index >= 15 is 0 Å². The van der Waals surface area contributed by atoms with Crippen molar-refractivity contribution in [3.05, 3.63) is 72.2 Å². The van der Waals surface area contributed by atoms with Crippen LogP contribution in [0, 0.1) is 11.2 Å².